The average molecular weight is 329 g/mol. The fourth-order valence-corrected chi connectivity index (χ4v) is 2.18. The number of para-hydroxylation sites is 2. The predicted molar refractivity (Wildman–Crippen MR) is 94.0 cm³/mol. The van der Waals surface area contributed by atoms with Gasteiger partial charge in [-0.15, -0.1) is 0 Å². The Morgan fingerprint density at radius 2 is 1.71 bits per heavy atom. The first-order chi connectivity index (χ1) is 11.7. The first kappa shape index (κ1) is 17.7. The number of methoxy groups -OCH3 is 1. The highest BCUT2D eigenvalue weighted by atomic mass is 16.5. The standard InChI is InChI=1S/C19H23NO4/c1-3-23-16-12-10-15(11-13-16)20-19(21)9-6-14-24-18-8-5-4-7-17(18)22-2/h4-5,7-8,10-13H,3,6,9,14H2,1-2H3,(H,20,21). The van der Waals surface area contributed by atoms with Gasteiger partial charge < -0.3 is 19.5 Å². The number of carbonyl (C=O) groups is 1. The molecular formula is C19H23NO4. The summed E-state index contributed by atoms with van der Waals surface area (Å²) in [5, 5.41) is 2.86. The molecule has 0 spiro atoms. The van der Waals surface area contributed by atoms with Crippen LogP contribution >= 0.6 is 0 Å². The van der Waals surface area contributed by atoms with Crippen molar-refractivity contribution in [2.45, 2.75) is 19.8 Å². The zero-order valence-electron chi connectivity index (χ0n) is 14.1. The van der Waals surface area contributed by atoms with Gasteiger partial charge >= 0.3 is 0 Å². The molecule has 2 aromatic rings. The van der Waals surface area contributed by atoms with Crippen LogP contribution in [0, 0.1) is 0 Å². The molecule has 1 N–H and O–H groups in total. The molecule has 0 fully saturated rings. The normalized spacial score (nSPS) is 10.1. The fraction of sp³-hybridized carbons (Fsp3) is 0.316. The van der Waals surface area contributed by atoms with Gasteiger partial charge in [0.25, 0.3) is 0 Å². The van der Waals surface area contributed by atoms with Crippen LogP contribution in [0.5, 0.6) is 17.2 Å². The Morgan fingerprint density at radius 1 is 1.00 bits per heavy atom. The molecule has 128 valence electrons. The summed E-state index contributed by atoms with van der Waals surface area (Å²) in [4.78, 5) is 11.9. The SMILES string of the molecule is CCOc1ccc(NC(=O)CCCOc2ccccc2OC)cc1. The number of anilines is 1. The summed E-state index contributed by atoms with van der Waals surface area (Å²) in [5.74, 6) is 2.13. The molecule has 0 atom stereocenters. The van der Waals surface area contributed by atoms with E-state index in [2.05, 4.69) is 5.32 Å². The van der Waals surface area contributed by atoms with Crippen LogP contribution in [0.1, 0.15) is 19.8 Å². The molecule has 0 radical (unpaired) electrons. The van der Waals surface area contributed by atoms with E-state index in [1.807, 2.05) is 55.5 Å². The second-order valence-electron chi connectivity index (χ2n) is 5.11. The molecule has 5 heteroatoms. The van der Waals surface area contributed by atoms with Gasteiger partial charge in [-0.1, -0.05) is 12.1 Å². The Morgan fingerprint density at radius 3 is 2.38 bits per heavy atom. The molecule has 0 heterocycles. The number of amides is 1. The monoisotopic (exact) mass is 329 g/mol. The number of rotatable bonds is 9. The summed E-state index contributed by atoms with van der Waals surface area (Å²) < 4.78 is 16.2. The molecule has 2 rings (SSSR count). The molecule has 5 nitrogen and oxygen atoms in total. The van der Waals surface area contributed by atoms with E-state index in [1.54, 1.807) is 7.11 Å². The highest BCUT2D eigenvalue weighted by Gasteiger charge is 2.05. The Hall–Kier alpha value is -2.69. The maximum absolute atomic E-state index is 11.9. The molecule has 0 bridgehead atoms. The number of benzene rings is 2. The first-order valence-corrected chi connectivity index (χ1v) is 8.01. The third-order valence-electron chi connectivity index (χ3n) is 3.32. The van der Waals surface area contributed by atoms with Gasteiger partial charge in [-0.25, -0.2) is 0 Å². The van der Waals surface area contributed by atoms with Crippen LogP contribution in [0.4, 0.5) is 5.69 Å². The van der Waals surface area contributed by atoms with Crippen LogP contribution in [-0.2, 0) is 4.79 Å². The quantitative estimate of drug-likeness (QED) is 0.709. The molecular weight excluding hydrogens is 306 g/mol. The second kappa shape index (κ2) is 9.45. The van der Waals surface area contributed by atoms with Crippen LogP contribution in [0.3, 0.4) is 0 Å². The van der Waals surface area contributed by atoms with Crippen LogP contribution < -0.4 is 19.5 Å². The number of nitrogens with one attached hydrogen (secondary N) is 1. The molecule has 2 aromatic carbocycles. The van der Waals surface area contributed by atoms with E-state index in [4.69, 9.17) is 14.2 Å². The lowest BCUT2D eigenvalue weighted by Gasteiger charge is -2.10. The van der Waals surface area contributed by atoms with Gasteiger partial charge in [-0.2, -0.15) is 0 Å². The smallest absolute Gasteiger partial charge is 0.224 e. The number of hydrogen-bond donors (Lipinski definition) is 1. The summed E-state index contributed by atoms with van der Waals surface area (Å²) in [6.45, 7) is 3.01. The second-order valence-corrected chi connectivity index (χ2v) is 5.11. The van der Waals surface area contributed by atoms with Gasteiger partial charge in [0.05, 0.1) is 20.3 Å². The highest BCUT2D eigenvalue weighted by Crippen LogP contribution is 2.25. The summed E-state index contributed by atoms with van der Waals surface area (Å²) in [5.41, 5.74) is 0.758. The fourth-order valence-electron chi connectivity index (χ4n) is 2.18. The van der Waals surface area contributed by atoms with Gasteiger partial charge in [-0.3, -0.25) is 4.79 Å². The van der Waals surface area contributed by atoms with Crippen molar-refractivity contribution in [2.75, 3.05) is 25.6 Å². The van der Waals surface area contributed by atoms with E-state index in [9.17, 15) is 4.79 Å². The van der Waals surface area contributed by atoms with Crippen molar-refractivity contribution in [3.8, 4) is 17.2 Å². The van der Waals surface area contributed by atoms with Crippen LogP contribution in [0.25, 0.3) is 0 Å². The Bertz CT molecular complexity index is 640. The topological polar surface area (TPSA) is 56.8 Å². The van der Waals surface area contributed by atoms with Crippen LogP contribution in [0.15, 0.2) is 48.5 Å². The predicted octanol–water partition coefficient (Wildman–Crippen LogP) is 3.89. The molecule has 0 aromatic heterocycles. The van der Waals surface area contributed by atoms with E-state index < -0.39 is 0 Å². The van der Waals surface area contributed by atoms with Crippen molar-refractivity contribution in [2.24, 2.45) is 0 Å². The lowest BCUT2D eigenvalue weighted by molar-refractivity contribution is -0.116. The van der Waals surface area contributed by atoms with Gasteiger partial charge in [0, 0.05) is 12.1 Å². The number of hydrogen-bond acceptors (Lipinski definition) is 4. The van der Waals surface area contributed by atoms with Gasteiger partial charge in [0.15, 0.2) is 11.5 Å². The largest absolute Gasteiger partial charge is 0.494 e. The third kappa shape index (κ3) is 5.50. The molecule has 24 heavy (non-hydrogen) atoms. The molecule has 0 aliphatic rings. The summed E-state index contributed by atoms with van der Waals surface area (Å²) in [6.07, 6.45) is 1.02. The Balaban J connectivity index is 1.71. The van der Waals surface area contributed by atoms with Crippen molar-refractivity contribution in [1.82, 2.24) is 0 Å². The maximum Gasteiger partial charge on any atom is 0.224 e. The van der Waals surface area contributed by atoms with Crippen molar-refractivity contribution in [3.63, 3.8) is 0 Å². The maximum atomic E-state index is 11.9. The zero-order valence-corrected chi connectivity index (χ0v) is 14.1. The Kier molecular flexibility index (Phi) is 6.95. The first-order valence-electron chi connectivity index (χ1n) is 8.01. The molecule has 0 saturated carbocycles. The van der Waals surface area contributed by atoms with Gasteiger partial charge in [0.1, 0.15) is 5.75 Å². The highest BCUT2D eigenvalue weighted by molar-refractivity contribution is 5.90. The Labute approximate surface area is 142 Å². The summed E-state index contributed by atoms with van der Waals surface area (Å²) in [7, 11) is 1.60. The molecule has 0 aliphatic carbocycles. The van der Waals surface area contributed by atoms with Gasteiger partial charge in [0.2, 0.25) is 5.91 Å². The van der Waals surface area contributed by atoms with Crippen molar-refractivity contribution >= 4 is 11.6 Å². The molecule has 0 saturated heterocycles. The van der Waals surface area contributed by atoms with Gasteiger partial charge in [-0.05, 0) is 49.7 Å². The van der Waals surface area contributed by atoms with E-state index in [1.165, 1.54) is 0 Å². The minimum atomic E-state index is -0.0391. The van der Waals surface area contributed by atoms with Crippen molar-refractivity contribution in [3.05, 3.63) is 48.5 Å². The number of carbonyl (C=O) groups excluding carboxylic acids is 1. The van der Waals surface area contributed by atoms with E-state index >= 15 is 0 Å². The summed E-state index contributed by atoms with van der Waals surface area (Å²) >= 11 is 0. The van der Waals surface area contributed by atoms with Crippen molar-refractivity contribution < 1.29 is 19.0 Å². The van der Waals surface area contributed by atoms with E-state index in [0.717, 1.165) is 11.4 Å². The minimum Gasteiger partial charge on any atom is -0.494 e. The summed E-state index contributed by atoms with van der Waals surface area (Å²) in [6, 6.07) is 14.8. The minimum absolute atomic E-state index is 0.0391. The molecule has 1 amide bonds. The van der Waals surface area contributed by atoms with E-state index in [0.29, 0.717) is 37.6 Å². The molecule has 0 unspecified atom stereocenters. The lowest BCUT2D eigenvalue weighted by atomic mass is 10.2. The van der Waals surface area contributed by atoms with Crippen LogP contribution in [-0.4, -0.2) is 26.2 Å². The van der Waals surface area contributed by atoms with Crippen molar-refractivity contribution in [1.29, 1.82) is 0 Å². The lowest BCUT2D eigenvalue weighted by Crippen LogP contribution is -2.12. The zero-order chi connectivity index (χ0) is 17.2. The van der Waals surface area contributed by atoms with Crippen LogP contribution in [0.2, 0.25) is 0 Å². The number of ether oxygens (including phenoxy) is 3. The third-order valence-corrected chi connectivity index (χ3v) is 3.32. The molecule has 0 aliphatic heterocycles. The van der Waals surface area contributed by atoms with E-state index in [-0.39, 0.29) is 5.91 Å². The average Bonchev–Trinajstić information content (AvgIpc) is 2.61.